The molecule has 0 heterocycles. The fraction of sp³-hybridized carbons (Fsp3) is 0.364. The van der Waals surface area contributed by atoms with Crippen LogP contribution in [0, 0.1) is 13.8 Å². The lowest BCUT2D eigenvalue weighted by Gasteiger charge is -2.09. The van der Waals surface area contributed by atoms with E-state index in [1.165, 1.54) is 6.92 Å². The zero-order valence-electron chi connectivity index (χ0n) is 8.72. The molecule has 0 aliphatic heterocycles. The van der Waals surface area contributed by atoms with Crippen molar-refractivity contribution in [3.63, 3.8) is 0 Å². The molecule has 0 bridgehead atoms. The summed E-state index contributed by atoms with van der Waals surface area (Å²) >= 11 is 0. The lowest BCUT2D eigenvalue weighted by Crippen LogP contribution is -2.19. The first-order valence-electron chi connectivity index (χ1n) is 4.54. The van der Waals surface area contributed by atoms with E-state index in [0.29, 0.717) is 6.54 Å². The molecule has 0 spiro atoms. The number of hydrogen-bond donors (Lipinski definition) is 2. The van der Waals surface area contributed by atoms with Gasteiger partial charge in [0.25, 0.3) is 0 Å². The van der Waals surface area contributed by atoms with Crippen LogP contribution < -0.4 is 5.32 Å². The molecule has 0 aliphatic rings. The van der Waals surface area contributed by atoms with Crippen molar-refractivity contribution in [3.05, 3.63) is 28.8 Å². The van der Waals surface area contributed by atoms with Gasteiger partial charge in [0.05, 0.1) is 0 Å². The Morgan fingerprint density at radius 2 is 2.07 bits per heavy atom. The maximum absolute atomic E-state index is 10.7. The number of nitrogens with one attached hydrogen (secondary N) is 1. The Morgan fingerprint density at radius 3 is 2.64 bits per heavy atom. The van der Waals surface area contributed by atoms with E-state index in [1.54, 1.807) is 0 Å². The maximum atomic E-state index is 10.7. The maximum Gasteiger partial charge on any atom is 0.217 e. The van der Waals surface area contributed by atoms with Gasteiger partial charge in [-0.15, -0.1) is 0 Å². The Morgan fingerprint density at radius 1 is 1.43 bits per heavy atom. The third kappa shape index (κ3) is 2.49. The summed E-state index contributed by atoms with van der Waals surface area (Å²) in [6.45, 7) is 5.65. The van der Waals surface area contributed by atoms with E-state index in [9.17, 15) is 9.90 Å². The number of phenols is 1. The molecule has 0 saturated carbocycles. The van der Waals surface area contributed by atoms with Crippen LogP contribution in [0.25, 0.3) is 0 Å². The predicted octanol–water partition coefficient (Wildman–Crippen LogP) is 1.65. The summed E-state index contributed by atoms with van der Waals surface area (Å²) in [5.41, 5.74) is 2.68. The van der Waals surface area contributed by atoms with Gasteiger partial charge in [-0.3, -0.25) is 4.79 Å². The molecule has 1 rings (SSSR count). The molecule has 0 fully saturated rings. The zero-order valence-corrected chi connectivity index (χ0v) is 8.72. The van der Waals surface area contributed by atoms with Crippen LogP contribution in [0.4, 0.5) is 0 Å². The van der Waals surface area contributed by atoms with E-state index < -0.39 is 0 Å². The van der Waals surface area contributed by atoms with E-state index in [2.05, 4.69) is 5.32 Å². The third-order valence-electron chi connectivity index (χ3n) is 2.05. The SMILES string of the molecule is CC(=O)NCc1cc(C)cc(C)c1O. The molecule has 0 unspecified atom stereocenters. The second-order valence-electron chi connectivity index (χ2n) is 3.50. The summed E-state index contributed by atoms with van der Waals surface area (Å²) < 4.78 is 0. The average Bonchev–Trinajstić information content (AvgIpc) is 2.08. The van der Waals surface area contributed by atoms with E-state index in [4.69, 9.17) is 0 Å². The van der Waals surface area contributed by atoms with Gasteiger partial charge in [-0.25, -0.2) is 0 Å². The first kappa shape index (κ1) is 10.6. The topological polar surface area (TPSA) is 49.3 Å². The minimum atomic E-state index is -0.0939. The molecule has 0 atom stereocenters. The first-order chi connectivity index (χ1) is 6.50. The third-order valence-corrected chi connectivity index (χ3v) is 2.05. The van der Waals surface area contributed by atoms with E-state index >= 15 is 0 Å². The van der Waals surface area contributed by atoms with Gasteiger partial charge in [0.1, 0.15) is 5.75 Å². The monoisotopic (exact) mass is 193 g/mol. The quantitative estimate of drug-likeness (QED) is 0.750. The van der Waals surface area contributed by atoms with Crippen molar-refractivity contribution >= 4 is 5.91 Å². The highest BCUT2D eigenvalue weighted by molar-refractivity contribution is 5.72. The highest BCUT2D eigenvalue weighted by atomic mass is 16.3. The molecule has 1 aromatic rings. The lowest BCUT2D eigenvalue weighted by atomic mass is 10.1. The van der Waals surface area contributed by atoms with E-state index in [-0.39, 0.29) is 11.7 Å². The standard InChI is InChI=1S/C11H15NO2/c1-7-4-8(2)11(14)10(5-7)6-12-9(3)13/h4-5,14H,6H2,1-3H3,(H,12,13). The van der Waals surface area contributed by atoms with Gasteiger partial charge in [0.2, 0.25) is 5.91 Å². The second kappa shape index (κ2) is 4.13. The number of aryl methyl sites for hydroxylation is 2. The summed E-state index contributed by atoms with van der Waals surface area (Å²) in [5, 5.41) is 12.3. The lowest BCUT2D eigenvalue weighted by molar-refractivity contribution is -0.119. The first-order valence-corrected chi connectivity index (χ1v) is 4.54. The van der Waals surface area contributed by atoms with Gasteiger partial charge in [0, 0.05) is 19.0 Å². The Hall–Kier alpha value is -1.51. The fourth-order valence-electron chi connectivity index (χ4n) is 1.40. The molecule has 2 N–H and O–H groups in total. The van der Waals surface area contributed by atoms with Gasteiger partial charge >= 0.3 is 0 Å². The molecular formula is C11H15NO2. The van der Waals surface area contributed by atoms with Crippen molar-refractivity contribution in [1.29, 1.82) is 0 Å². The number of hydrogen-bond acceptors (Lipinski definition) is 2. The van der Waals surface area contributed by atoms with Crippen LogP contribution in [0.1, 0.15) is 23.6 Å². The molecule has 0 aromatic heterocycles. The van der Waals surface area contributed by atoms with Crippen LogP contribution >= 0.6 is 0 Å². The Bertz CT molecular complexity index is 359. The predicted molar refractivity (Wildman–Crippen MR) is 55.1 cm³/mol. The van der Waals surface area contributed by atoms with Crippen molar-refractivity contribution in [2.75, 3.05) is 0 Å². The highest BCUT2D eigenvalue weighted by Crippen LogP contribution is 2.23. The van der Waals surface area contributed by atoms with Crippen molar-refractivity contribution in [1.82, 2.24) is 5.32 Å². The molecule has 0 saturated heterocycles. The largest absolute Gasteiger partial charge is 0.507 e. The summed E-state index contributed by atoms with van der Waals surface area (Å²) in [6, 6.07) is 3.78. The molecule has 1 aromatic carbocycles. The fourth-order valence-corrected chi connectivity index (χ4v) is 1.40. The summed E-state index contributed by atoms with van der Waals surface area (Å²) in [4.78, 5) is 10.7. The highest BCUT2D eigenvalue weighted by Gasteiger charge is 2.05. The van der Waals surface area contributed by atoms with Crippen molar-refractivity contribution < 1.29 is 9.90 Å². The van der Waals surface area contributed by atoms with Gasteiger partial charge in [-0.2, -0.15) is 0 Å². The Kier molecular flexibility index (Phi) is 3.12. The minimum absolute atomic E-state index is 0.0939. The number of amides is 1. The number of rotatable bonds is 2. The van der Waals surface area contributed by atoms with Crippen LogP contribution in [0.5, 0.6) is 5.75 Å². The summed E-state index contributed by atoms with van der Waals surface area (Å²) in [6.07, 6.45) is 0. The van der Waals surface area contributed by atoms with E-state index in [1.807, 2.05) is 26.0 Å². The number of carbonyl (C=O) groups is 1. The van der Waals surface area contributed by atoms with Crippen LogP contribution in [-0.4, -0.2) is 11.0 Å². The van der Waals surface area contributed by atoms with Crippen molar-refractivity contribution in [2.45, 2.75) is 27.3 Å². The molecule has 0 aliphatic carbocycles. The Balaban J connectivity index is 2.90. The Labute approximate surface area is 83.8 Å². The normalized spacial score (nSPS) is 9.93. The molecule has 3 heteroatoms. The van der Waals surface area contributed by atoms with Gasteiger partial charge in [0.15, 0.2) is 0 Å². The minimum Gasteiger partial charge on any atom is -0.507 e. The summed E-state index contributed by atoms with van der Waals surface area (Å²) in [7, 11) is 0. The number of carbonyl (C=O) groups excluding carboxylic acids is 1. The number of benzene rings is 1. The zero-order chi connectivity index (χ0) is 10.7. The van der Waals surface area contributed by atoms with Crippen LogP contribution in [-0.2, 0) is 11.3 Å². The molecule has 1 amide bonds. The van der Waals surface area contributed by atoms with E-state index in [0.717, 1.165) is 16.7 Å². The molecule has 3 nitrogen and oxygen atoms in total. The van der Waals surface area contributed by atoms with Crippen LogP contribution in [0.3, 0.4) is 0 Å². The number of phenolic OH excluding ortho intramolecular Hbond substituents is 1. The molecule has 0 radical (unpaired) electrons. The van der Waals surface area contributed by atoms with Crippen molar-refractivity contribution in [2.24, 2.45) is 0 Å². The van der Waals surface area contributed by atoms with Crippen molar-refractivity contribution in [3.8, 4) is 5.75 Å². The number of aromatic hydroxyl groups is 1. The second-order valence-corrected chi connectivity index (χ2v) is 3.50. The molecule has 76 valence electrons. The average molecular weight is 193 g/mol. The molecular weight excluding hydrogens is 178 g/mol. The van der Waals surface area contributed by atoms with Gasteiger partial charge in [-0.1, -0.05) is 17.7 Å². The van der Waals surface area contributed by atoms with Crippen LogP contribution in [0.2, 0.25) is 0 Å². The van der Waals surface area contributed by atoms with Crippen LogP contribution in [0.15, 0.2) is 12.1 Å². The smallest absolute Gasteiger partial charge is 0.217 e. The van der Waals surface area contributed by atoms with Gasteiger partial charge < -0.3 is 10.4 Å². The molecule has 14 heavy (non-hydrogen) atoms. The van der Waals surface area contributed by atoms with Gasteiger partial charge in [-0.05, 0) is 19.4 Å². The summed E-state index contributed by atoms with van der Waals surface area (Å²) in [5.74, 6) is 0.174.